The number of amides is 1. The number of carbonyl (C=O) groups excluding carboxylic acids is 1. The van der Waals surface area contributed by atoms with Crippen molar-refractivity contribution in [2.24, 2.45) is 0 Å². The van der Waals surface area contributed by atoms with Crippen LogP contribution in [0.15, 0.2) is 0 Å². The Balaban J connectivity index is 1.60. The molecule has 1 aromatic rings. The highest BCUT2D eigenvalue weighted by atomic mass is 32.1. The maximum Gasteiger partial charge on any atom is 0.282 e. The van der Waals surface area contributed by atoms with Gasteiger partial charge < -0.3 is 14.8 Å². The third kappa shape index (κ3) is 5.33. The summed E-state index contributed by atoms with van der Waals surface area (Å²) in [5.74, 6) is 0.155. The molecular formula is C14H23N3O3S. The molecule has 0 spiro atoms. The second kappa shape index (κ2) is 8.41. The smallest absolute Gasteiger partial charge is 0.282 e. The van der Waals surface area contributed by atoms with Gasteiger partial charge in [0.1, 0.15) is 5.01 Å². The molecule has 0 aromatic carbocycles. The number of hydrogen-bond donors (Lipinski definition) is 1. The van der Waals surface area contributed by atoms with Crippen molar-refractivity contribution >= 4 is 17.2 Å². The van der Waals surface area contributed by atoms with E-state index in [1.807, 2.05) is 13.8 Å². The van der Waals surface area contributed by atoms with E-state index >= 15 is 0 Å². The van der Waals surface area contributed by atoms with E-state index in [1.54, 1.807) is 0 Å². The second-order valence-corrected chi connectivity index (χ2v) is 6.40. The fourth-order valence-electron chi connectivity index (χ4n) is 2.00. The van der Waals surface area contributed by atoms with Gasteiger partial charge >= 0.3 is 0 Å². The minimum atomic E-state index is -0.148. The number of nitrogens with zero attached hydrogens (tertiary/aromatic N) is 2. The average molecular weight is 313 g/mol. The largest absolute Gasteiger partial charge is 0.381 e. The van der Waals surface area contributed by atoms with E-state index in [0.29, 0.717) is 30.2 Å². The van der Waals surface area contributed by atoms with Gasteiger partial charge in [-0.25, -0.2) is 0 Å². The Labute approximate surface area is 129 Å². The lowest BCUT2D eigenvalue weighted by atomic mass is 10.1. The summed E-state index contributed by atoms with van der Waals surface area (Å²) in [7, 11) is 0. The van der Waals surface area contributed by atoms with Gasteiger partial charge in [0.15, 0.2) is 0 Å². The van der Waals surface area contributed by atoms with Crippen LogP contribution in [-0.2, 0) is 9.47 Å². The summed E-state index contributed by atoms with van der Waals surface area (Å²) in [4.78, 5) is 11.9. The quantitative estimate of drug-likeness (QED) is 0.779. The molecule has 1 aliphatic rings. The summed E-state index contributed by atoms with van der Waals surface area (Å²) in [6, 6.07) is 0. The van der Waals surface area contributed by atoms with Crippen LogP contribution < -0.4 is 5.32 Å². The summed E-state index contributed by atoms with van der Waals surface area (Å²) in [6.07, 6.45) is 3.05. The average Bonchev–Trinajstić information content (AvgIpc) is 2.98. The number of hydrogen-bond acceptors (Lipinski definition) is 6. The monoisotopic (exact) mass is 313 g/mol. The molecule has 2 heterocycles. The van der Waals surface area contributed by atoms with Gasteiger partial charge in [-0.15, -0.1) is 10.2 Å². The van der Waals surface area contributed by atoms with Crippen molar-refractivity contribution in [3.05, 3.63) is 10.0 Å². The van der Waals surface area contributed by atoms with Crippen molar-refractivity contribution in [3.63, 3.8) is 0 Å². The first-order valence-corrected chi connectivity index (χ1v) is 8.29. The third-order valence-corrected chi connectivity index (χ3v) is 4.48. The summed E-state index contributed by atoms with van der Waals surface area (Å²) in [6.45, 7) is 6.91. The molecule has 0 bridgehead atoms. The Morgan fingerprint density at radius 1 is 1.43 bits per heavy atom. The van der Waals surface area contributed by atoms with E-state index in [9.17, 15) is 4.79 Å². The van der Waals surface area contributed by atoms with Gasteiger partial charge in [-0.1, -0.05) is 25.2 Å². The topological polar surface area (TPSA) is 73.3 Å². The first kappa shape index (κ1) is 16.3. The molecule has 1 fully saturated rings. The van der Waals surface area contributed by atoms with Crippen molar-refractivity contribution in [1.82, 2.24) is 15.5 Å². The summed E-state index contributed by atoms with van der Waals surface area (Å²) in [5, 5.41) is 12.1. The van der Waals surface area contributed by atoms with E-state index in [0.717, 1.165) is 37.5 Å². The van der Waals surface area contributed by atoms with Gasteiger partial charge in [0, 0.05) is 32.3 Å². The normalized spacial score (nSPS) is 16.3. The van der Waals surface area contributed by atoms with Crippen molar-refractivity contribution in [1.29, 1.82) is 0 Å². The maximum absolute atomic E-state index is 11.9. The fourth-order valence-corrected chi connectivity index (χ4v) is 2.76. The minimum Gasteiger partial charge on any atom is -0.381 e. The molecule has 0 radical (unpaired) electrons. The molecule has 21 heavy (non-hydrogen) atoms. The lowest BCUT2D eigenvalue weighted by Crippen LogP contribution is -2.27. The van der Waals surface area contributed by atoms with Gasteiger partial charge in [0.25, 0.3) is 5.91 Å². The van der Waals surface area contributed by atoms with Crippen LogP contribution >= 0.6 is 11.3 Å². The van der Waals surface area contributed by atoms with E-state index in [2.05, 4.69) is 15.5 Å². The predicted molar refractivity (Wildman–Crippen MR) is 80.7 cm³/mol. The lowest BCUT2D eigenvalue weighted by molar-refractivity contribution is -0.0321. The van der Waals surface area contributed by atoms with Gasteiger partial charge in [-0.2, -0.15) is 0 Å². The SMILES string of the molecule is CC(C)c1nnc(C(=O)NCCCOC2CCOCC2)s1. The van der Waals surface area contributed by atoms with E-state index in [4.69, 9.17) is 9.47 Å². The van der Waals surface area contributed by atoms with Crippen molar-refractivity contribution < 1.29 is 14.3 Å². The van der Waals surface area contributed by atoms with Crippen LogP contribution in [0, 0.1) is 0 Å². The number of carbonyl (C=O) groups is 1. The maximum atomic E-state index is 11.9. The first-order valence-electron chi connectivity index (χ1n) is 7.47. The van der Waals surface area contributed by atoms with E-state index < -0.39 is 0 Å². The van der Waals surface area contributed by atoms with Crippen molar-refractivity contribution in [2.75, 3.05) is 26.4 Å². The Morgan fingerprint density at radius 3 is 2.86 bits per heavy atom. The highest BCUT2D eigenvalue weighted by Crippen LogP contribution is 2.18. The molecule has 1 amide bonds. The first-order chi connectivity index (χ1) is 10.2. The molecular weight excluding hydrogens is 290 g/mol. The zero-order valence-corrected chi connectivity index (χ0v) is 13.4. The van der Waals surface area contributed by atoms with Crippen LogP contribution in [0.1, 0.15) is 53.8 Å². The van der Waals surface area contributed by atoms with Gasteiger partial charge in [-0.3, -0.25) is 4.79 Å². The fraction of sp³-hybridized carbons (Fsp3) is 0.786. The van der Waals surface area contributed by atoms with Gasteiger partial charge in [-0.05, 0) is 19.3 Å². The Hall–Kier alpha value is -1.05. The lowest BCUT2D eigenvalue weighted by Gasteiger charge is -2.22. The third-order valence-electron chi connectivity index (χ3n) is 3.26. The molecule has 1 saturated heterocycles. The molecule has 6 nitrogen and oxygen atoms in total. The zero-order chi connectivity index (χ0) is 15.1. The number of nitrogens with one attached hydrogen (secondary N) is 1. The van der Waals surface area contributed by atoms with Crippen molar-refractivity contribution in [2.45, 2.75) is 45.1 Å². The molecule has 0 unspecified atom stereocenters. The molecule has 0 saturated carbocycles. The molecule has 118 valence electrons. The Kier molecular flexibility index (Phi) is 6.53. The van der Waals surface area contributed by atoms with Gasteiger partial charge in [0.05, 0.1) is 6.10 Å². The molecule has 0 atom stereocenters. The van der Waals surface area contributed by atoms with E-state index in [-0.39, 0.29) is 5.91 Å². The summed E-state index contributed by atoms with van der Waals surface area (Å²) < 4.78 is 11.0. The highest BCUT2D eigenvalue weighted by Gasteiger charge is 2.15. The second-order valence-electron chi connectivity index (χ2n) is 5.39. The van der Waals surface area contributed by atoms with Gasteiger partial charge in [0.2, 0.25) is 5.01 Å². The molecule has 1 aliphatic heterocycles. The Morgan fingerprint density at radius 2 is 2.19 bits per heavy atom. The minimum absolute atomic E-state index is 0.148. The Bertz CT molecular complexity index is 444. The van der Waals surface area contributed by atoms with Crippen LogP contribution in [0.2, 0.25) is 0 Å². The van der Waals surface area contributed by atoms with Crippen LogP contribution in [-0.4, -0.2) is 48.6 Å². The van der Waals surface area contributed by atoms with Crippen molar-refractivity contribution in [3.8, 4) is 0 Å². The predicted octanol–water partition coefficient (Wildman–Crippen LogP) is 1.98. The zero-order valence-electron chi connectivity index (χ0n) is 12.6. The highest BCUT2D eigenvalue weighted by molar-refractivity contribution is 7.13. The van der Waals surface area contributed by atoms with E-state index in [1.165, 1.54) is 11.3 Å². The summed E-state index contributed by atoms with van der Waals surface area (Å²) >= 11 is 1.36. The molecule has 7 heteroatoms. The number of ether oxygens (including phenoxy) is 2. The van der Waals surface area contributed by atoms with Crippen LogP contribution in [0.25, 0.3) is 0 Å². The van der Waals surface area contributed by atoms with Crippen LogP contribution in [0.4, 0.5) is 0 Å². The molecule has 1 N–H and O–H groups in total. The molecule has 1 aromatic heterocycles. The van der Waals surface area contributed by atoms with Crippen LogP contribution in [0.5, 0.6) is 0 Å². The summed E-state index contributed by atoms with van der Waals surface area (Å²) in [5.41, 5.74) is 0. The molecule has 0 aliphatic carbocycles. The standard InChI is InChI=1S/C14H23N3O3S/c1-10(2)13-16-17-14(21-13)12(18)15-6-3-7-20-11-4-8-19-9-5-11/h10-11H,3-9H2,1-2H3,(H,15,18). The number of aromatic nitrogens is 2. The van der Waals surface area contributed by atoms with Crippen LogP contribution in [0.3, 0.4) is 0 Å². The molecule has 2 rings (SSSR count). The number of rotatable bonds is 7.